The number of ether oxygens (including phenoxy) is 2. The van der Waals surface area contributed by atoms with Crippen LogP contribution in [0.2, 0.25) is 0 Å². The van der Waals surface area contributed by atoms with E-state index in [2.05, 4.69) is 15.0 Å². The van der Waals surface area contributed by atoms with E-state index in [0.717, 1.165) is 6.26 Å². The van der Waals surface area contributed by atoms with Crippen molar-refractivity contribution in [3.8, 4) is 11.5 Å². The molecule has 1 aromatic carbocycles. The Labute approximate surface area is 211 Å². The Balaban J connectivity index is 1.75. The van der Waals surface area contributed by atoms with Gasteiger partial charge in [-0.05, 0) is 57.7 Å². The second kappa shape index (κ2) is 10.8. The van der Waals surface area contributed by atoms with Gasteiger partial charge in [0.2, 0.25) is 15.9 Å². The number of aromatic nitrogens is 1. The van der Waals surface area contributed by atoms with Gasteiger partial charge in [-0.1, -0.05) is 0 Å². The second-order valence-corrected chi connectivity index (χ2v) is 11.7. The first-order chi connectivity index (χ1) is 16.8. The number of nitrogens with one attached hydrogen (secondary N) is 2. The number of aromatic hydroxyl groups is 1. The molecule has 2 aromatic rings. The monoisotopic (exact) mass is 522 g/mol. The summed E-state index contributed by atoms with van der Waals surface area (Å²) >= 11 is 0. The van der Waals surface area contributed by atoms with Crippen LogP contribution >= 0.6 is 0 Å². The second-order valence-electron chi connectivity index (χ2n) is 9.94. The number of anilines is 1. The van der Waals surface area contributed by atoms with Crippen LogP contribution in [0.1, 0.15) is 33.6 Å². The molecule has 0 spiro atoms. The molecule has 11 nitrogen and oxygen atoms in total. The number of amides is 2. The molecule has 1 aliphatic rings. The van der Waals surface area contributed by atoms with Crippen molar-refractivity contribution in [1.29, 1.82) is 0 Å². The zero-order valence-electron chi connectivity index (χ0n) is 21.2. The molecular weight excluding hydrogens is 488 g/mol. The predicted molar refractivity (Wildman–Crippen MR) is 135 cm³/mol. The van der Waals surface area contributed by atoms with Crippen LogP contribution in [0.15, 0.2) is 24.4 Å². The Kier molecular flexibility index (Phi) is 8.17. The minimum absolute atomic E-state index is 0.0260. The van der Waals surface area contributed by atoms with E-state index in [1.807, 2.05) is 0 Å². The van der Waals surface area contributed by atoms with Crippen molar-refractivity contribution < 1.29 is 32.6 Å². The Morgan fingerprint density at radius 1 is 1.28 bits per heavy atom. The summed E-state index contributed by atoms with van der Waals surface area (Å²) in [6.45, 7) is 6.08. The number of nitrogens with zero attached hydrogens (tertiary/aromatic N) is 2. The summed E-state index contributed by atoms with van der Waals surface area (Å²) < 4.78 is 36.2. The van der Waals surface area contributed by atoms with Gasteiger partial charge in [-0.15, -0.1) is 0 Å². The first-order valence-electron chi connectivity index (χ1n) is 11.7. The lowest BCUT2D eigenvalue weighted by Crippen LogP contribution is -2.51. The summed E-state index contributed by atoms with van der Waals surface area (Å²) in [6, 6.07) is 5.34. The van der Waals surface area contributed by atoms with Gasteiger partial charge in [0.05, 0.1) is 36.7 Å². The van der Waals surface area contributed by atoms with Crippen molar-refractivity contribution >= 4 is 38.6 Å². The van der Waals surface area contributed by atoms with Crippen molar-refractivity contribution in [3.05, 3.63) is 24.4 Å². The van der Waals surface area contributed by atoms with Crippen LogP contribution in [0.4, 0.5) is 10.5 Å². The maximum atomic E-state index is 12.9. The summed E-state index contributed by atoms with van der Waals surface area (Å²) in [5, 5.41) is 14.3. The first-order valence-corrected chi connectivity index (χ1v) is 13.6. The topological polar surface area (TPSA) is 147 Å². The molecule has 0 bridgehead atoms. The molecule has 0 radical (unpaired) electrons. The van der Waals surface area contributed by atoms with E-state index in [-0.39, 0.29) is 18.2 Å². The van der Waals surface area contributed by atoms with Gasteiger partial charge in [-0.25, -0.2) is 13.2 Å². The lowest BCUT2D eigenvalue weighted by atomic mass is 9.82. The lowest BCUT2D eigenvalue weighted by molar-refractivity contribution is -0.126. The van der Waals surface area contributed by atoms with Gasteiger partial charge in [0.1, 0.15) is 11.4 Å². The SMILES string of the molecule is COc1ccc2ncc(O)c(NCCC3CCN(C(=O)OC(C)(C)C)CC3C(=O)NS(C)(=O)=O)c2c1. The fraction of sp³-hybridized carbons (Fsp3) is 0.542. The van der Waals surface area contributed by atoms with E-state index >= 15 is 0 Å². The number of hydrogen-bond donors (Lipinski definition) is 3. The third-order valence-corrected chi connectivity index (χ3v) is 6.47. The normalized spacial score (nSPS) is 18.5. The molecule has 0 saturated carbocycles. The van der Waals surface area contributed by atoms with Crippen LogP contribution in [0.3, 0.4) is 0 Å². The maximum Gasteiger partial charge on any atom is 0.410 e. The average Bonchev–Trinajstić information content (AvgIpc) is 2.78. The molecular formula is C24H34N4O7S. The van der Waals surface area contributed by atoms with Crippen LogP contribution in [-0.4, -0.2) is 74.0 Å². The van der Waals surface area contributed by atoms with Gasteiger partial charge in [-0.2, -0.15) is 0 Å². The highest BCUT2D eigenvalue weighted by molar-refractivity contribution is 7.89. The fourth-order valence-electron chi connectivity index (χ4n) is 4.25. The summed E-state index contributed by atoms with van der Waals surface area (Å²) in [5.41, 5.74) is 0.467. The minimum Gasteiger partial charge on any atom is -0.504 e. The summed E-state index contributed by atoms with van der Waals surface area (Å²) in [7, 11) is -2.21. The van der Waals surface area contributed by atoms with E-state index in [4.69, 9.17) is 9.47 Å². The van der Waals surface area contributed by atoms with Crippen molar-refractivity contribution in [1.82, 2.24) is 14.6 Å². The van der Waals surface area contributed by atoms with Gasteiger partial charge in [0.25, 0.3) is 0 Å². The number of fused-ring (bicyclic) bond motifs is 1. The van der Waals surface area contributed by atoms with Crippen LogP contribution in [0.25, 0.3) is 10.9 Å². The van der Waals surface area contributed by atoms with Crippen LogP contribution in [-0.2, 0) is 19.6 Å². The molecule has 0 aliphatic carbocycles. The van der Waals surface area contributed by atoms with Gasteiger partial charge in [0, 0.05) is 25.0 Å². The number of carbonyl (C=O) groups excluding carboxylic acids is 2. The number of sulfonamides is 1. The Morgan fingerprint density at radius 3 is 2.64 bits per heavy atom. The Bertz CT molecular complexity index is 1230. The molecule has 2 heterocycles. The van der Waals surface area contributed by atoms with E-state index in [0.29, 0.717) is 48.3 Å². The molecule has 36 heavy (non-hydrogen) atoms. The molecule has 1 fully saturated rings. The zero-order chi connectivity index (χ0) is 26.7. The zero-order valence-corrected chi connectivity index (χ0v) is 22.0. The Morgan fingerprint density at radius 2 is 2.00 bits per heavy atom. The number of methoxy groups -OCH3 is 1. The highest BCUT2D eigenvalue weighted by Gasteiger charge is 2.38. The average molecular weight is 523 g/mol. The number of piperidine rings is 1. The maximum absolute atomic E-state index is 12.9. The van der Waals surface area contributed by atoms with E-state index in [9.17, 15) is 23.1 Å². The highest BCUT2D eigenvalue weighted by atomic mass is 32.2. The quantitative estimate of drug-likeness (QED) is 0.499. The molecule has 3 N–H and O–H groups in total. The van der Waals surface area contributed by atoms with Gasteiger partial charge in [0.15, 0.2) is 5.75 Å². The number of likely N-dealkylation sites (tertiary alicyclic amines) is 1. The predicted octanol–water partition coefficient (Wildman–Crippen LogP) is 2.70. The third-order valence-electron chi connectivity index (χ3n) is 5.90. The molecule has 12 heteroatoms. The highest BCUT2D eigenvalue weighted by Crippen LogP contribution is 2.34. The molecule has 1 aromatic heterocycles. The van der Waals surface area contributed by atoms with Gasteiger partial charge < -0.3 is 24.8 Å². The van der Waals surface area contributed by atoms with Crippen molar-refractivity contribution in [3.63, 3.8) is 0 Å². The third kappa shape index (κ3) is 7.12. The Hall–Kier alpha value is -3.28. The van der Waals surface area contributed by atoms with Crippen molar-refractivity contribution in [2.45, 2.75) is 39.2 Å². The largest absolute Gasteiger partial charge is 0.504 e. The molecule has 2 atom stereocenters. The van der Waals surface area contributed by atoms with Gasteiger partial charge >= 0.3 is 6.09 Å². The molecule has 198 valence electrons. The molecule has 3 rings (SSSR count). The van der Waals surface area contributed by atoms with E-state index in [1.54, 1.807) is 46.1 Å². The number of benzene rings is 1. The molecule has 2 unspecified atom stereocenters. The van der Waals surface area contributed by atoms with Gasteiger partial charge in [-0.3, -0.25) is 14.5 Å². The van der Waals surface area contributed by atoms with E-state index < -0.39 is 33.5 Å². The number of hydrogen-bond acceptors (Lipinski definition) is 9. The van der Waals surface area contributed by atoms with Crippen LogP contribution in [0, 0.1) is 11.8 Å². The molecule has 1 aliphatic heterocycles. The molecule has 2 amide bonds. The van der Waals surface area contributed by atoms with Crippen molar-refractivity contribution in [2.24, 2.45) is 11.8 Å². The summed E-state index contributed by atoms with van der Waals surface area (Å²) in [4.78, 5) is 31.1. The van der Waals surface area contributed by atoms with E-state index in [1.165, 1.54) is 11.1 Å². The lowest BCUT2D eigenvalue weighted by Gasteiger charge is -2.38. The molecule has 1 saturated heterocycles. The van der Waals surface area contributed by atoms with Crippen LogP contribution in [0.5, 0.6) is 11.5 Å². The number of pyridine rings is 1. The summed E-state index contributed by atoms with van der Waals surface area (Å²) in [6.07, 6.45) is 2.72. The minimum atomic E-state index is -3.76. The van der Waals surface area contributed by atoms with Crippen LogP contribution < -0.4 is 14.8 Å². The summed E-state index contributed by atoms with van der Waals surface area (Å²) in [5.74, 6) is -1.02. The fourth-order valence-corrected chi connectivity index (χ4v) is 4.77. The number of carbonyl (C=O) groups is 2. The number of rotatable bonds is 7. The van der Waals surface area contributed by atoms with Crippen molar-refractivity contribution in [2.75, 3.05) is 38.3 Å². The first kappa shape index (κ1) is 27.3. The smallest absolute Gasteiger partial charge is 0.410 e. The standard InChI is InChI=1S/C24H34N4O7S/c1-24(2,3)35-23(31)28-11-9-15(18(14-28)22(30)27-36(5,32)33)8-10-25-21-17-12-16(34-4)6-7-19(17)26-13-20(21)29/h6-7,12-13,15,18,29H,8-11,14H2,1-5H3,(H,25,26)(H,27,30).